The number of hydrogen-bond acceptors (Lipinski definition) is 3. The fourth-order valence-corrected chi connectivity index (χ4v) is 1.41. The molecule has 0 unspecified atom stereocenters. The third-order valence-corrected chi connectivity index (χ3v) is 2.35. The topological polar surface area (TPSA) is 36.3 Å². The maximum absolute atomic E-state index is 8.89. The highest BCUT2D eigenvalue weighted by molar-refractivity contribution is 9.10. The summed E-state index contributed by atoms with van der Waals surface area (Å²) in [7, 11) is 3.96. The van der Waals surface area contributed by atoms with Gasteiger partial charge in [0.15, 0.2) is 0 Å². The zero-order valence-corrected chi connectivity index (χ0v) is 10.4. The van der Waals surface area contributed by atoms with Crippen LogP contribution in [0.4, 0.5) is 0 Å². The van der Waals surface area contributed by atoms with Gasteiger partial charge in [-0.05, 0) is 32.3 Å². The number of ether oxygens (including phenoxy) is 1. The molecule has 0 aliphatic heterocycles. The van der Waals surface area contributed by atoms with Crippen LogP contribution >= 0.6 is 15.9 Å². The van der Waals surface area contributed by atoms with Crippen molar-refractivity contribution in [2.75, 3.05) is 27.2 Å². The van der Waals surface area contributed by atoms with Gasteiger partial charge in [0.1, 0.15) is 18.4 Å². The molecule has 80 valence electrons. The fraction of sp³-hybridized carbons (Fsp3) is 0.364. The van der Waals surface area contributed by atoms with Crippen molar-refractivity contribution in [1.82, 2.24) is 4.90 Å². The molecule has 0 radical (unpaired) electrons. The van der Waals surface area contributed by atoms with Gasteiger partial charge in [-0.2, -0.15) is 5.26 Å². The summed E-state index contributed by atoms with van der Waals surface area (Å²) in [6.45, 7) is 1.42. The summed E-state index contributed by atoms with van der Waals surface area (Å²) in [4.78, 5) is 2.03. The Morgan fingerprint density at radius 2 is 2.20 bits per heavy atom. The average molecular weight is 269 g/mol. The quantitative estimate of drug-likeness (QED) is 0.841. The van der Waals surface area contributed by atoms with Crippen molar-refractivity contribution in [2.45, 2.75) is 0 Å². The normalized spacial score (nSPS) is 10.1. The van der Waals surface area contributed by atoms with Crippen LogP contribution in [0.1, 0.15) is 5.56 Å². The monoisotopic (exact) mass is 268 g/mol. The molecule has 4 heteroatoms. The molecule has 0 N–H and O–H groups in total. The smallest absolute Gasteiger partial charge is 0.137 e. The van der Waals surface area contributed by atoms with Gasteiger partial charge in [0.05, 0.1) is 5.56 Å². The number of likely N-dealkylation sites (N-methyl/N-ethyl adjacent to an activating group) is 1. The van der Waals surface area contributed by atoms with E-state index in [0.717, 1.165) is 11.0 Å². The maximum Gasteiger partial charge on any atom is 0.137 e. The van der Waals surface area contributed by atoms with Gasteiger partial charge in [-0.1, -0.05) is 15.9 Å². The molecule has 0 amide bonds. The fourth-order valence-electron chi connectivity index (χ4n) is 1.05. The highest BCUT2D eigenvalue weighted by Crippen LogP contribution is 2.22. The first-order valence-electron chi connectivity index (χ1n) is 4.60. The van der Waals surface area contributed by atoms with Crippen LogP contribution in [-0.2, 0) is 0 Å². The highest BCUT2D eigenvalue weighted by Gasteiger charge is 2.03. The van der Waals surface area contributed by atoms with E-state index in [1.54, 1.807) is 12.1 Å². The molecule has 1 aromatic rings. The van der Waals surface area contributed by atoms with E-state index < -0.39 is 0 Å². The van der Waals surface area contributed by atoms with E-state index >= 15 is 0 Å². The van der Waals surface area contributed by atoms with Crippen molar-refractivity contribution >= 4 is 15.9 Å². The Morgan fingerprint density at radius 1 is 1.47 bits per heavy atom. The molecular weight excluding hydrogens is 256 g/mol. The molecule has 0 saturated carbocycles. The second kappa shape index (κ2) is 5.74. The first-order valence-corrected chi connectivity index (χ1v) is 5.40. The van der Waals surface area contributed by atoms with Gasteiger partial charge in [0.25, 0.3) is 0 Å². The Labute approximate surface area is 98.4 Å². The number of halogens is 1. The van der Waals surface area contributed by atoms with Gasteiger partial charge in [-0.15, -0.1) is 0 Å². The van der Waals surface area contributed by atoms with E-state index in [1.165, 1.54) is 0 Å². The van der Waals surface area contributed by atoms with Gasteiger partial charge < -0.3 is 9.64 Å². The zero-order valence-electron chi connectivity index (χ0n) is 8.83. The largest absolute Gasteiger partial charge is 0.491 e. The molecule has 1 rings (SSSR count). The summed E-state index contributed by atoms with van der Waals surface area (Å²) in [6.07, 6.45) is 0. The third kappa shape index (κ3) is 3.90. The Kier molecular flexibility index (Phi) is 4.60. The minimum Gasteiger partial charge on any atom is -0.491 e. The summed E-state index contributed by atoms with van der Waals surface area (Å²) in [5.74, 6) is 0.641. The van der Waals surface area contributed by atoms with Crippen LogP contribution in [0.5, 0.6) is 5.75 Å². The van der Waals surface area contributed by atoms with Crippen LogP contribution in [-0.4, -0.2) is 32.1 Å². The molecule has 1 aromatic carbocycles. The first kappa shape index (κ1) is 12.0. The first-order chi connectivity index (χ1) is 7.13. The van der Waals surface area contributed by atoms with Gasteiger partial charge in [-0.3, -0.25) is 0 Å². The SMILES string of the molecule is CN(C)CCOc1ccc(Br)cc1C#N. The lowest BCUT2D eigenvalue weighted by molar-refractivity contribution is 0.261. The van der Waals surface area contributed by atoms with Gasteiger partial charge >= 0.3 is 0 Å². The van der Waals surface area contributed by atoms with Crippen LogP contribution in [0.3, 0.4) is 0 Å². The molecule has 0 saturated heterocycles. The average Bonchev–Trinajstić information content (AvgIpc) is 2.19. The maximum atomic E-state index is 8.89. The Bertz CT molecular complexity index is 371. The Morgan fingerprint density at radius 3 is 2.80 bits per heavy atom. The molecule has 0 atom stereocenters. The van der Waals surface area contributed by atoms with Crippen LogP contribution in [0, 0.1) is 11.3 Å². The summed E-state index contributed by atoms with van der Waals surface area (Å²) in [5, 5.41) is 8.89. The Balaban J connectivity index is 2.65. The summed E-state index contributed by atoms with van der Waals surface area (Å²) < 4.78 is 6.40. The van der Waals surface area contributed by atoms with Crippen molar-refractivity contribution < 1.29 is 4.74 Å². The lowest BCUT2D eigenvalue weighted by Gasteiger charge is -2.11. The van der Waals surface area contributed by atoms with Gasteiger partial charge in [-0.25, -0.2) is 0 Å². The molecule has 0 aliphatic carbocycles. The molecule has 3 nitrogen and oxygen atoms in total. The predicted molar refractivity (Wildman–Crippen MR) is 62.9 cm³/mol. The molecule has 15 heavy (non-hydrogen) atoms. The number of benzene rings is 1. The van der Waals surface area contributed by atoms with Crippen molar-refractivity contribution in [3.8, 4) is 11.8 Å². The lowest BCUT2D eigenvalue weighted by Crippen LogP contribution is -2.19. The van der Waals surface area contributed by atoms with Crippen LogP contribution in [0.15, 0.2) is 22.7 Å². The summed E-state index contributed by atoms with van der Waals surface area (Å²) in [5.41, 5.74) is 0.558. The lowest BCUT2D eigenvalue weighted by atomic mass is 10.2. The molecule has 0 aliphatic rings. The van der Waals surface area contributed by atoms with E-state index in [4.69, 9.17) is 10.00 Å². The van der Waals surface area contributed by atoms with Crippen LogP contribution in [0.2, 0.25) is 0 Å². The number of rotatable bonds is 4. The standard InChI is InChI=1S/C11H13BrN2O/c1-14(2)5-6-15-11-4-3-10(12)7-9(11)8-13/h3-4,7H,5-6H2,1-2H3. The minimum absolute atomic E-state index is 0.558. The number of nitriles is 1. The van der Waals surface area contributed by atoms with E-state index in [0.29, 0.717) is 17.9 Å². The van der Waals surface area contributed by atoms with E-state index in [9.17, 15) is 0 Å². The van der Waals surface area contributed by atoms with Gasteiger partial charge in [0, 0.05) is 11.0 Å². The van der Waals surface area contributed by atoms with Crippen LogP contribution < -0.4 is 4.74 Å². The third-order valence-electron chi connectivity index (χ3n) is 1.86. The number of nitrogens with zero attached hydrogens (tertiary/aromatic N) is 2. The Hall–Kier alpha value is -1.05. The summed E-state index contributed by atoms with van der Waals surface area (Å²) >= 11 is 3.31. The van der Waals surface area contributed by atoms with Crippen LogP contribution in [0.25, 0.3) is 0 Å². The molecule has 0 fully saturated rings. The molecular formula is C11H13BrN2O. The second-order valence-electron chi connectivity index (χ2n) is 3.40. The van der Waals surface area contributed by atoms with E-state index in [1.807, 2.05) is 25.1 Å². The minimum atomic E-state index is 0.558. The van der Waals surface area contributed by atoms with E-state index in [2.05, 4.69) is 22.0 Å². The van der Waals surface area contributed by atoms with E-state index in [-0.39, 0.29) is 0 Å². The second-order valence-corrected chi connectivity index (χ2v) is 4.32. The van der Waals surface area contributed by atoms with Crippen molar-refractivity contribution in [1.29, 1.82) is 5.26 Å². The molecule has 0 spiro atoms. The van der Waals surface area contributed by atoms with Gasteiger partial charge in [0.2, 0.25) is 0 Å². The van der Waals surface area contributed by atoms with Crippen molar-refractivity contribution in [3.05, 3.63) is 28.2 Å². The molecule has 0 heterocycles. The molecule has 0 aromatic heterocycles. The predicted octanol–water partition coefficient (Wildman–Crippen LogP) is 2.26. The summed E-state index contributed by atoms with van der Waals surface area (Å²) in [6, 6.07) is 7.53. The number of hydrogen-bond donors (Lipinski definition) is 0. The molecule has 0 bridgehead atoms. The van der Waals surface area contributed by atoms with Crippen molar-refractivity contribution in [3.63, 3.8) is 0 Å². The highest BCUT2D eigenvalue weighted by atomic mass is 79.9. The zero-order chi connectivity index (χ0) is 11.3. The van der Waals surface area contributed by atoms with Crippen molar-refractivity contribution in [2.24, 2.45) is 0 Å².